The summed E-state index contributed by atoms with van der Waals surface area (Å²) in [5.41, 5.74) is 5.33. The zero-order chi connectivity index (χ0) is 14.0. The SMILES string of the molecule is CCOP(N)(=O)C(C=O)c1csc2ccc(Cl)cc12. The Labute approximate surface area is 120 Å². The highest BCUT2D eigenvalue weighted by atomic mass is 35.5. The van der Waals surface area contributed by atoms with Gasteiger partial charge in [0, 0.05) is 9.72 Å². The number of carbonyl (C=O) groups is 1. The summed E-state index contributed by atoms with van der Waals surface area (Å²) in [4.78, 5) is 11.3. The van der Waals surface area contributed by atoms with E-state index in [1.54, 1.807) is 24.4 Å². The summed E-state index contributed by atoms with van der Waals surface area (Å²) >= 11 is 7.41. The Kier molecular flexibility index (Phi) is 4.43. The van der Waals surface area contributed by atoms with Crippen LogP contribution in [0.2, 0.25) is 5.02 Å². The van der Waals surface area contributed by atoms with Crippen LogP contribution in [0.3, 0.4) is 0 Å². The van der Waals surface area contributed by atoms with E-state index in [0.29, 0.717) is 16.9 Å². The van der Waals surface area contributed by atoms with E-state index in [0.717, 1.165) is 10.1 Å². The highest BCUT2D eigenvalue weighted by molar-refractivity contribution is 7.57. The standard InChI is InChI=1S/C12H13ClNO3PS/c1-2-17-18(14,16)11(6-15)10-7-19-12-4-3-8(13)5-9(10)12/h3-7,11H,2H2,1H3,(H2,14,16). The summed E-state index contributed by atoms with van der Waals surface area (Å²) < 4.78 is 18.3. The van der Waals surface area contributed by atoms with E-state index in [9.17, 15) is 9.36 Å². The van der Waals surface area contributed by atoms with Crippen molar-refractivity contribution in [2.45, 2.75) is 12.6 Å². The van der Waals surface area contributed by atoms with Gasteiger partial charge in [-0.3, -0.25) is 10.1 Å². The Bertz CT molecular complexity index is 657. The van der Waals surface area contributed by atoms with Gasteiger partial charge >= 0.3 is 0 Å². The predicted molar refractivity (Wildman–Crippen MR) is 79.1 cm³/mol. The van der Waals surface area contributed by atoms with Crippen LogP contribution in [-0.4, -0.2) is 12.9 Å². The van der Waals surface area contributed by atoms with Gasteiger partial charge in [0.15, 0.2) is 0 Å². The predicted octanol–water partition coefficient (Wildman–Crippen LogP) is 3.98. The summed E-state index contributed by atoms with van der Waals surface area (Å²) in [6.45, 7) is 1.88. The lowest BCUT2D eigenvalue weighted by molar-refractivity contribution is -0.107. The molecule has 1 aromatic heterocycles. The summed E-state index contributed by atoms with van der Waals surface area (Å²) in [5.74, 6) is 0. The summed E-state index contributed by atoms with van der Waals surface area (Å²) in [5, 5.41) is 3.12. The van der Waals surface area contributed by atoms with E-state index in [1.165, 1.54) is 11.3 Å². The first-order valence-electron chi connectivity index (χ1n) is 5.64. The minimum atomic E-state index is -3.52. The molecule has 0 aliphatic heterocycles. The maximum Gasteiger partial charge on any atom is 0.281 e. The van der Waals surface area contributed by atoms with Gasteiger partial charge in [-0.15, -0.1) is 11.3 Å². The molecule has 1 aromatic carbocycles. The Hall–Kier alpha value is -0.710. The molecule has 0 saturated heterocycles. The van der Waals surface area contributed by atoms with Crippen molar-refractivity contribution < 1.29 is 13.9 Å². The van der Waals surface area contributed by atoms with Gasteiger partial charge in [-0.05, 0) is 41.5 Å². The number of carbonyl (C=O) groups excluding carboxylic acids is 1. The molecule has 102 valence electrons. The van der Waals surface area contributed by atoms with Crippen LogP contribution in [0.25, 0.3) is 10.1 Å². The molecule has 0 saturated carbocycles. The number of fused-ring (bicyclic) bond motifs is 1. The second-order valence-electron chi connectivity index (χ2n) is 3.98. The van der Waals surface area contributed by atoms with Crippen LogP contribution < -0.4 is 5.50 Å². The fraction of sp³-hybridized carbons (Fsp3) is 0.250. The minimum Gasteiger partial charge on any atom is -0.317 e. The third-order valence-electron chi connectivity index (χ3n) is 2.73. The first kappa shape index (κ1) is 14.7. The molecule has 4 nitrogen and oxygen atoms in total. The van der Waals surface area contributed by atoms with Crippen molar-refractivity contribution in [2.24, 2.45) is 5.50 Å². The average molecular weight is 318 g/mol. The van der Waals surface area contributed by atoms with Crippen LogP contribution in [0, 0.1) is 0 Å². The molecular formula is C12H13ClNO3PS. The highest BCUT2D eigenvalue weighted by Crippen LogP contribution is 2.54. The molecule has 0 spiro atoms. The maximum absolute atomic E-state index is 12.3. The average Bonchev–Trinajstić information content (AvgIpc) is 2.73. The van der Waals surface area contributed by atoms with E-state index in [2.05, 4.69) is 0 Å². The van der Waals surface area contributed by atoms with Crippen LogP contribution in [0.4, 0.5) is 0 Å². The second-order valence-corrected chi connectivity index (χ2v) is 7.43. The van der Waals surface area contributed by atoms with Crippen LogP contribution in [0.15, 0.2) is 23.6 Å². The molecule has 2 N–H and O–H groups in total. The molecule has 0 aliphatic rings. The Balaban J connectivity index is 2.55. The summed E-state index contributed by atoms with van der Waals surface area (Å²) in [6, 6.07) is 5.37. The van der Waals surface area contributed by atoms with Gasteiger partial charge in [0.1, 0.15) is 11.9 Å². The highest BCUT2D eigenvalue weighted by Gasteiger charge is 2.33. The molecule has 2 unspecified atom stereocenters. The van der Waals surface area contributed by atoms with Crippen molar-refractivity contribution in [3.63, 3.8) is 0 Å². The first-order chi connectivity index (χ1) is 8.99. The zero-order valence-corrected chi connectivity index (χ0v) is 12.7. The number of benzene rings is 1. The van der Waals surface area contributed by atoms with Crippen molar-refractivity contribution in [2.75, 3.05) is 6.61 Å². The van der Waals surface area contributed by atoms with Crippen molar-refractivity contribution in [3.05, 3.63) is 34.2 Å². The second kappa shape index (κ2) is 5.73. The lowest BCUT2D eigenvalue weighted by Gasteiger charge is -2.18. The normalized spacial score (nSPS) is 16.2. The summed E-state index contributed by atoms with van der Waals surface area (Å²) in [7, 11) is -3.52. The van der Waals surface area contributed by atoms with E-state index in [1.807, 2.05) is 6.07 Å². The summed E-state index contributed by atoms with van der Waals surface area (Å²) in [6.07, 6.45) is 0.582. The van der Waals surface area contributed by atoms with Gasteiger partial charge in [-0.25, -0.2) is 0 Å². The minimum absolute atomic E-state index is 0.195. The molecule has 0 radical (unpaired) electrons. The van der Waals surface area contributed by atoms with E-state index < -0.39 is 13.2 Å². The third-order valence-corrected chi connectivity index (χ3v) is 5.79. The largest absolute Gasteiger partial charge is 0.317 e. The number of hydrogen-bond acceptors (Lipinski definition) is 4. The molecule has 1 heterocycles. The molecule has 0 aliphatic carbocycles. The van der Waals surface area contributed by atoms with Crippen molar-refractivity contribution in [1.82, 2.24) is 0 Å². The zero-order valence-electron chi connectivity index (χ0n) is 10.2. The molecule has 0 fully saturated rings. The molecule has 2 aromatic rings. The van der Waals surface area contributed by atoms with Gasteiger partial charge in [0.2, 0.25) is 0 Å². The molecule has 0 amide bonds. The van der Waals surface area contributed by atoms with E-state index in [4.69, 9.17) is 21.6 Å². The molecule has 2 rings (SSSR count). The van der Waals surface area contributed by atoms with E-state index >= 15 is 0 Å². The van der Waals surface area contributed by atoms with Crippen LogP contribution in [0.1, 0.15) is 18.1 Å². The van der Waals surface area contributed by atoms with Gasteiger partial charge in [0.25, 0.3) is 7.52 Å². The van der Waals surface area contributed by atoms with Gasteiger partial charge < -0.3 is 9.32 Å². The number of nitrogens with two attached hydrogens (primary N) is 1. The molecular weight excluding hydrogens is 305 g/mol. The fourth-order valence-electron chi connectivity index (χ4n) is 1.88. The number of hydrogen-bond donors (Lipinski definition) is 1. The Morgan fingerprint density at radius 2 is 2.32 bits per heavy atom. The number of thiophene rings is 1. The molecule has 7 heteroatoms. The van der Waals surface area contributed by atoms with E-state index in [-0.39, 0.29) is 6.61 Å². The van der Waals surface area contributed by atoms with Crippen LogP contribution >= 0.6 is 30.5 Å². The monoisotopic (exact) mass is 317 g/mol. The first-order valence-corrected chi connectivity index (χ1v) is 8.66. The maximum atomic E-state index is 12.3. The number of rotatable bonds is 5. The number of aldehydes is 1. The van der Waals surface area contributed by atoms with Crippen molar-refractivity contribution in [3.8, 4) is 0 Å². The van der Waals surface area contributed by atoms with Crippen molar-refractivity contribution >= 4 is 46.8 Å². The molecule has 2 atom stereocenters. The third kappa shape index (κ3) is 2.91. The van der Waals surface area contributed by atoms with Gasteiger partial charge in [-0.1, -0.05) is 11.6 Å². The van der Waals surface area contributed by atoms with Crippen LogP contribution in [-0.2, 0) is 13.9 Å². The number of halogens is 1. The van der Waals surface area contributed by atoms with Crippen LogP contribution in [0.5, 0.6) is 0 Å². The molecule has 19 heavy (non-hydrogen) atoms. The Morgan fingerprint density at radius 3 is 2.95 bits per heavy atom. The Morgan fingerprint density at radius 1 is 1.58 bits per heavy atom. The van der Waals surface area contributed by atoms with Gasteiger partial charge in [0.05, 0.1) is 6.61 Å². The topological polar surface area (TPSA) is 69.4 Å². The lowest BCUT2D eigenvalue weighted by Crippen LogP contribution is -2.11. The van der Waals surface area contributed by atoms with Gasteiger partial charge in [-0.2, -0.15) is 0 Å². The quantitative estimate of drug-likeness (QED) is 0.669. The fourth-order valence-corrected chi connectivity index (χ4v) is 4.47. The van der Waals surface area contributed by atoms with Crippen molar-refractivity contribution in [1.29, 1.82) is 0 Å². The lowest BCUT2D eigenvalue weighted by atomic mass is 10.1. The molecule has 0 bridgehead atoms. The smallest absolute Gasteiger partial charge is 0.281 e.